The highest BCUT2D eigenvalue weighted by Crippen LogP contribution is 2.29. The molecule has 2 unspecified atom stereocenters. The predicted molar refractivity (Wildman–Crippen MR) is 80.6 cm³/mol. The summed E-state index contributed by atoms with van der Waals surface area (Å²) in [6.45, 7) is 0.679. The zero-order valence-corrected chi connectivity index (χ0v) is 13.3. The number of aliphatic hydroxyl groups is 1. The summed E-state index contributed by atoms with van der Waals surface area (Å²) in [5.41, 5.74) is 0.461. The zero-order valence-electron chi connectivity index (χ0n) is 12.5. The van der Waals surface area contributed by atoms with Crippen molar-refractivity contribution in [3.63, 3.8) is 0 Å². The highest BCUT2D eigenvalue weighted by atomic mass is 32.2. The molecule has 8 heteroatoms. The number of likely N-dealkylation sites (N-methyl/N-ethyl adjacent to an activating group) is 1. The van der Waals surface area contributed by atoms with Crippen molar-refractivity contribution in [1.82, 2.24) is 14.2 Å². The number of hydrogen-bond acceptors (Lipinski definition) is 6. The van der Waals surface area contributed by atoms with Gasteiger partial charge >= 0.3 is 0 Å². The highest BCUT2D eigenvalue weighted by molar-refractivity contribution is 7.89. The van der Waals surface area contributed by atoms with Gasteiger partial charge in [0.1, 0.15) is 0 Å². The summed E-state index contributed by atoms with van der Waals surface area (Å²) in [7, 11) is 1.69. The van der Waals surface area contributed by atoms with Gasteiger partial charge in [-0.1, -0.05) is 0 Å². The van der Waals surface area contributed by atoms with E-state index in [1.54, 1.807) is 19.2 Å². The molecule has 2 rings (SSSR count). The maximum Gasteiger partial charge on any atom is 0.263 e. The van der Waals surface area contributed by atoms with Gasteiger partial charge in [0.2, 0.25) is 0 Å². The Kier molecular flexibility index (Phi) is 4.82. The molecule has 2 atom stereocenters. The third kappa shape index (κ3) is 3.34. The number of β-amino-alcohol motifs (C(OH)–C–C–N with tert-alkyl or cyclic N) is 1. The minimum absolute atomic E-state index is 0.00496. The Morgan fingerprint density at radius 2 is 2.24 bits per heavy atom. The lowest BCUT2D eigenvalue weighted by Crippen LogP contribution is -2.41. The molecular weight excluding hydrogens is 292 g/mol. The number of sulfonamides is 1. The fourth-order valence-electron chi connectivity index (χ4n) is 2.64. The average molecular weight is 314 g/mol. The van der Waals surface area contributed by atoms with E-state index in [9.17, 15) is 13.5 Å². The van der Waals surface area contributed by atoms with Crippen LogP contribution in [0.5, 0.6) is 0 Å². The molecule has 2 heterocycles. The van der Waals surface area contributed by atoms with Gasteiger partial charge in [0.25, 0.3) is 10.0 Å². The van der Waals surface area contributed by atoms with Crippen molar-refractivity contribution < 1.29 is 13.5 Å². The van der Waals surface area contributed by atoms with Gasteiger partial charge < -0.3 is 15.3 Å². The summed E-state index contributed by atoms with van der Waals surface area (Å²) in [6, 6.07) is 3.11. The molecule has 0 radical (unpaired) electrons. The molecule has 118 valence electrons. The molecule has 1 saturated heterocycles. The van der Waals surface area contributed by atoms with Crippen molar-refractivity contribution in [2.75, 3.05) is 39.5 Å². The van der Waals surface area contributed by atoms with E-state index in [4.69, 9.17) is 0 Å². The van der Waals surface area contributed by atoms with Crippen LogP contribution in [-0.2, 0) is 10.0 Å². The second-order valence-electron chi connectivity index (χ2n) is 5.49. The topological polar surface area (TPSA) is 85.8 Å². The quantitative estimate of drug-likeness (QED) is 0.783. The number of aromatic nitrogens is 1. The fourth-order valence-corrected chi connectivity index (χ4v) is 4.42. The summed E-state index contributed by atoms with van der Waals surface area (Å²) >= 11 is 0. The first-order chi connectivity index (χ1) is 9.86. The molecule has 1 aromatic heterocycles. The first-order valence-corrected chi connectivity index (χ1v) is 8.27. The minimum Gasteiger partial charge on any atom is -0.392 e. The molecule has 0 amide bonds. The number of rotatable bonds is 5. The molecule has 1 aromatic rings. The first kappa shape index (κ1) is 16.2. The number of pyridine rings is 1. The summed E-state index contributed by atoms with van der Waals surface area (Å²) in [5.74, 6) is 0. The van der Waals surface area contributed by atoms with Crippen LogP contribution in [0.4, 0.5) is 5.69 Å². The standard InChI is InChI=1S/C13H22N4O3S/c1-14-12-5-4-6-15-13(12)21(19,20)17-9-11(18)7-10(17)8-16(2)3/h4-6,10-11,14,18H,7-9H2,1-3H3. The maximum atomic E-state index is 12.8. The van der Waals surface area contributed by atoms with Crippen molar-refractivity contribution in [3.8, 4) is 0 Å². The molecule has 7 nitrogen and oxygen atoms in total. The summed E-state index contributed by atoms with van der Waals surface area (Å²) < 4.78 is 27.1. The van der Waals surface area contributed by atoms with E-state index in [-0.39, 0.29) is 17.6 Å². The van der Waals surface area contributed by atoms with Crippen LogP contribution in [-0.4, -0.2) is 74.1 Å². The van der Waals surface area contributed by atoms with E-state index in [0.29, 0.717) is 18.7 Å². The van der Waals surface area contributed by atoms with Crippen LogP contribution in [0.15, 0.2) is 23.4 Å². The van der Waals surface area contributed by atoms with Gasteiger partial charge in [-0.15, -0.1) is 0 Å². The summed E-state index contributed by atoms with van der Waals surface area (Å²) in [4.78, 5) is 5.94. The third-order valence-corrected chi connectivity index (χ3v) is 5.39. The van der Waals surface area contributed by atoms with Gasteiger partial charge in [0, 0.05) is 32.4 Å². The Hall–Kier alpha value is -1.22. The van der Waals surface area contributed by atoms with E-state index in [2.05, 4.69) is 10.3 Å². The monoisotopic (exact) mass is 314 g/mol. The van der Waals surface area contributed by atoms with E-state index in [0.717, 1.165) is 0 Å². The molecule has 2 N–H and O–H groups in total. The van der Waals surface area contributed by atoms with Crippen LogP contribution in [0.1, 0.15) is 6.42 Å². The van der Waals surface area contributed by atoms with Crippen molar-refractivity contribution in [1.29, 1.82) is 0 Å². The Morgan fingerprint density at radius 3 is 2.86 bits per heavy atom. The van der Waals surface area contributed by atoms with Crippen molar-refractivity contribution >= 4 is 15.7 Å². The third-order valence-electron chi connectivity index (χ3n) is 3.51. The van der Waals surface area contributed by atoms with Crippen LogP contribution < -0.4 is 5.32 Å². The number of anilines is 1. The predicted octanol–water partition coefficient (Wildman–Crippen LogP) is -0.191. The van der Waals surface area contributed by atoms with Crippen LogP contribution in [0.2, 0.25) is 0 Å². The smallest absolute Gasteiger partial charge is 0.263 e. The van der Waals surface area contributed by atoms with Crippen LogP contribution in [0, 0.1) is 0 Å². The van der Waals surface area contributed by atoms with Gasteiger partial charge in [-0.05, 0) is 32.6 Å². The Balaban J connectivity index is 2.37. The molecule has 1 aliphatic heterocycles. The SMILES string of the molecule is CNc1cccnc1S(=O)(=O)N1CC(O)CC1CN(C)C. The van der Waals surface area contributed by atoms with E-state index in [1.807, 2.05) is 19.0 Å². The Bertz CT molecular complexity index is 591. The Labute approximate surface area is 125 Å². The number of hydrogen-bond donors (Lipinski definition) is 2. The second-order valence-corrected chi connectivity index (χ2v) is 7.29. The van der Waals surface area contributed by atoms with Crippen LogP contribution >= 0.6 is 0 Å². The van der Waals surface area contributed by atoms with E-state index in [1.165, 1.54) is 10.5 Å². The molecule has 21 heavy (non-hydrogen) atoms. The molecule has 0 spiro atoms. The molecule has 1 fully saturated rings. The summed E-state index contributed by atoms with van der Waals surface area (Å²) in [6.07, 6.45) is 1.27. The molecule has 0 bridgehead atoms. The van der Waals surface area contributed by atoms with Crippen LogP contribution in [0.25, 0.3) is 0 Å². The zero-order chi connectivity index (χ0) is 15.6. The average Bonchev–Trinajstić information content (AvgIpc) is 2.79. The van der Waals surface area contributed by atoms with Gasteiger partial charge in [0.15, 0.2) is 5.03 Å². The van der Waals surface area contributed by atoms with Crippen molar-refractivity contribution in [2.24, 2.45) is 0 Å². The maximum absolute atomic E-state index is 12.8. The van der Waals surface area contributed by atoms with E-state index >= 15 is 0 Å². The molecule has 0 saturated carbocycles. The largest absolute Gasteiger partial charge is 0.392 e. The normalized spacial score (nSPS) is 23.7. The highest BCUT2D eigenvalue weighted by Gasteiger charge is 2.41. The molecule has 0 aromatic carbocycles. The van der Waals surface area contributed by atoms with Gasteiger partial charge in [0.05, 0.1) is 11.8 Å². The molecule has 0 aliphatic carbocycles. The fraction of sp³-hybridized carbons (Fsp3) is 0.615. The lowest BCUT2D eigenvalue weighted by molar-refractivity contribution is 0.188. The molecule has 1 aliphatic rings. The van der Waals surface area contributed by atoms with Crippen molar-refractivity contribution in [2.45, 2.75) is 23.6 Å². The molecular formula is C13H22N4O3S. The van der Waals surface area contributed by atoms with Gasteiger partial charge in [-0.2, -0.15) is 4.31 Å². The number of aliphatic hydroxyl groups excluding tert-OH is 1. The first-order valence-electron chi connectivity index (χ1n) is 6.83. The lowest BCUT2D eigenvalue weighted by atomic mass is 10.2. The van der Waals surface area contributed by atoms with Crippen LogP contribution in [0.3, 0.4) is 0 Å². The minimum atomic E-state index is -3.74. The van der Waals surface area contributed by atoms with Gasteiger partial charge in [-0.3, -0.25) is 0 Å². The van der Waals surface area contributed by atoms with E-state index < -0.39 is 16.1 Å². The number of nitrogens with zero attached hydrogens (tertiary/aromatic N) is 3. The second kappa shape index (κ2) is 6.27. The number of nitrogens with one attached hydrogen (secondary N) is 1. The van der Waals surface area contributed by atoms with Crippen molar-refractivity contribution in [3.05, 3.63) is 18.3 Å². The summed E-state index contributed by atoms with van der Waals surface area (Å²) in [5, 5.41) is 12.7. The van der Waals surface area contributed by atoms with Gasteiger partial charge in [-0.25, -0.2) is 13.4 Å². The Morgan fingerprint density at radius 1 is 1.52 bits per heavy atom. The lowest BCUT2D eigenvalue weighted by Gasteiger charge is -2.26.